The van der Waals surface area contributed by atoms with Gasteiger partial charge in [0.15, 0.2) is 0 Å². The van der Waals surface area contributed by atoms with E-state index in [0.717, 1.165) is 6.42 Å². The van der Waals surface area contributed by atoms with Gasteiger partial charge in [-0.15, -0.1) is 0 Å². The number of nitrogens with one attached hydrogen (secondary N) is 1. The van der Waals surface area contributed by atoms with Crippen molar-refractivity contribution >= 4 is 11.8 Å². The molecule has 0 bridgehead atoms. The van der Waals surface area contributed by atoms with Crippen LogP contribution in [0.15, 0.2) is 0 Å². The molecule has 1 fully saturated rings. The molecule has 2 N–H and O–H groups in total. The van der Waals surface area contributed by atoms with Gasteiger partial charge in [-0.05, 0) is 18.8 Å². The summed E-state index contributed by atoms with van der Waals surface area (Å²) in [5, 5.41) is 12.5. The van der Waals surface area contributed by atoms with Crippen LogP contribution in [0.25, 0.3) is 0 Å². The van der Waals surface area contributed by atoms with E-state index < -0.39 is 6.10 Å². The highest BCUT2D eigenvalue weighted by molar-refractivity contribution is 5.82. The van der Waals surface area contributed by atoms with Gasteiger partial charge in [0.25, 0.3) is 0 Å². The molecule has 0 spiro atoms. The van der Waals surface area contributed by atoms with Gasteiger partial charge in [-0.25, -0.2) is 0 Å². The number of likely N-dealkylation sites (tertiary alicyclic amines) is 1. The van der Waals surface area contributed by atoms with Crippen LogP contribution >= 0.6 is 0 Å². The van der Waals surface area contributed by atoms with E-state index in [9.17, 15) is 14.7 Å². The average molecular weight is 270 g/mol. The number of amides is 2. The molecule has 0 aliphatic carbocycles. The minimum Gasteiger partial charge on any atom is -0.391 e. The molecule has 110 valence electrons. The van der Waals surface area contributed by atoms with Crippen molar-refractivity contribution in [1.82, 2.24) is 10.2 Å². The lowest BCUT2D eigenvalue weighted by molar-refractivity contribution is -0.130. The van der Waals surface area contributed by atoms with Gasteiger partial charge >= 0.3 is 0 Å². The molecule has 0 radical (unpaired) electrons. The molecular weight excluding hydrogens is 244 g/mol. The van der Waals surface area contributed by atoms with Crippen molar-refractivity contribution < 1.29 is 14.7 Å². The minimum atomic E-state index is -0.487. The van der Waals surface area contributed by atoms with Crippen LogP contribution in [-0.4, -0.2) is 47.6 Å². The molecule has 2 amide bonds. The first-order valence-electron chi connectivity index (χ1n) is 7.17. The first-order chi connectivity index (χ1) is 8.93. The number of carbonyl (C=O) groups excluding carboxylic acids is 2. The van der Waals surface area contributed by atoms with Crippen LogP contribution in [0.4, 0.5) is 0 Å². The highest BCUT2D eigenvalue weighted by atomic mass is 16.3. The van der Waals surface area contributed by atoms with Crippen molar-refractivity contribution in [2.45, 2.75) is 46.1 Å². The largest absolute Gasteiger partial charge is 0.391 e. The Bertz CT molecular complexity index is 318. The molecule has 0 aromatic rings. The Hall–Kier alpha value is -1.10. The topological polar surface area (TPSA) is 69.6 Å². The van der Waals surface area contributed by atoms with Crippen LogP contribution in [-0.2, 0) is 9.59 Å². The van der Waals surface area contributed by atoms with Crippen LogP contribution < -0.4 is 5.32 Å². The highest BCUT2D eigenvalue weighted by Crippen LogP contribution is 2.17. The van der Waals surface area contributed by atoms with E-state index in [1.807, 2.05) is 20.8 Å². The molecule has 1 aliphatic rings. The summed E-state index contributed by atoms with van der Waals surface area (Å²) in [4.78, 5) is 25.2. The van der Waals surface area contributed by atoms with E-state index in [0.29, 0.717) is 38.4 Å². The van der Waals surface area contributed by atoms with Crippen LogP contribution in [0.2, 0.25) is 0 Å². The lowest BCUT2D eigenvalue weighted by atomic mass is 10.1. The standard InChI is InChI=1S/C14H26N2O3/c1-4-13(18)16-6-5-11(9-16)14(19)15-8-12(17)7-10(2)3/h10-12,17H,4-9H2,1-3H3,(H,15,19). The predicted molar refractivity (Wildman–Crippen MR) is 73.4 cm³/mol. The third-order valence-electron chi connectivity index (χ3n) is 3.47. The van der Waals surface area contributed by atoms with E-state index in [2.05, 4.69) is 5.32 Å². The van der Waals surface area contributed by atoms with Gasteiger partial charge in [-0.3, -0.25) is 9.59 Å². The molecule has 5 heteroatoms. The molecule has 1 saturated heterocycles. The van der Waals surface area contributed by atoms with Crippen molar-refractivity contribution in [2.75, 3.05) is 19.6 Å². The normalized spacial score (nSPS) is 20.7. The maximum atomic E-state index is 11.9. The summed E-state index contributed by atoms with van der Waals surface area (Å²) >= 11 is 0. The molecule has 0 aromatic carbocycles. The number of nitrogens with zero attached hydrogens (tertiary/aromatic N) is 1. The molecule has 1 aliphatic heterocycles. The van der Waals surface area contributed by atoms with Crippen molar-refractivity contribution in [3.8, 4) is 0 Å². The average Bonchev–Trinajstić information content (AvgIpc) is 2.83. The second-order valence-electron chi connectivity index (χ2n) is 5.71. The van der Waals surface area contributed by atoms with Gasteiger partial charge in [-0.2, -0.15) is 0 Å². The Morgan fingerprint density at radius 2 is 2.11 bits per heavy atom. The summed E-state index contributed by atoms with van der Waals surface area (Å²) in [5.74, 6) is 0.349. The van der Waals surface area contributed by atoms with Crippen LogP contribution in [0.3, 0.4) is 0 Å². The summed E-state index contributed by atoms with van der Waals surface area (Å²) in [7, 11) is 0. The molecule has 1 heterocycles. The first kappa shape index (κ1) is 16.0. The monoisotopic (exact) mass is 270 g/mol. The second kappa shape index (κ2) is 7.48. The molecular formula is C14H26N2O3. The van der Waals surface area contributed by atoms with E-state index in [1.165, 1.54) is 0 Å². The Balaban J connectivity index is 2.29. The zero-order chi connectivity index (χ0) is 14.4. The van der Waals surface area contributed by atoms with E-state index >= 15 is 0 Å². The first-order valence-corrected chi connectivity index (χ1v) is 7.17. The third kappa shape index (κ3) is 5.19. The molecule has 1 rings (SSSR count). The van der Waals surface area contributed by atoms with Gasteiger partial charge in [0.05, 0.1) is 12.0 Å². The van der Waals surface area contributed by atoms with E-state index in [1.54, 1.807) is 4.90 Å². The van der Waals surface area contributed by atoms with E-state index in [4.69, 9.17) is 0 Å². The third-order valence-corrected chi connectivity index (χ3v) is 3.47. The van der Waals surface area contributed by atoms with Crippen LogP contribution in [0, 0.1) is 11.8 Å². The Morgan fingerprint density at radius 1 is 1.42 bits per heavy atom. The maximum Gasteiger partial charge on any atom is 0.225 e. The molecule has 2 atom stereocenters. The SMILES string of the molecule is CCC(=O)N1CCC(C(=O)NCC(O)CC(C)C)C1. The minimum absolute atomic E-state index is 0.0470. The quantitative estimate of drug-likeness (QED) is 0.749. The Morgan fingerprint density at radius 3 is 2.68 bits per heavy atom. The maximum absolute atomic E-state index is 11.9. The van der Waals surface area contributed by atoms with Gasteiger partial charge in [0.1, 0.15) is 0 Å². The lowest BCUT2D eigenvalue weighted by Crippen LogP contribution is -2.38. The number of hydrogen-bond donors (Lipinski definition) is 2. The molecule has 2 unspecified atom stereocenters. The lowest BCUT2D eigenvalue weighted by Gasteiger charge is -2.17. The fraction of sp³-hybridized carbons (Fsp3) is 0.857. The summed E-state index contributed by atoms with van der Waals surface area (Å²) in [5.41, 5.74) is 0. The Labute approximate surface area is 115 Å². The van der Waals surface area contributed by atoms with Gasteiger partial charge < -0.3 is 15.3 Å². The summed E-state index contributed by atoms with van der Waals surface area (Å²) in [6.07, 6.45) is 1.41. The molecule has 0 saturated carbocycles. The number of aliphatic hydroxyl groups is 1. The smallest absolute Gasteiger partial charge is 0.225 e. The van der Waals surface area contributed by atoms with Crippen molar-refractivity contribution in [1.29, 1.82) is 0 Å². The predicted octanol–water partition coefficient (Wildman–Crippen LogP) is 0.768. The van der Waals surface area contributed by atoms with Gasteiger partial charge in [0, 0.05) is 26.1 Å². The van der Waals surface area contributed by atoms with Gasteiger partial charge in [-0.1, -0.05) is 20.8 Å². The number of hydrogen-bond acceptors (Lipinski definition) is 3. The number of aliphatic hydroxyl groups excluding tert-OH is 1. The van der Waals surface area contributed by atoms with E-state index in [-0.39, 0.29) is 17.7 Å². The zero-order valence-electron chi connectivity index (χ0n) is 12.2. The fourth-order valence-corrected chi connectivity index (χ4v) is 2.41. The summed E-state index contributed by atoms with van der Waals surface area (Å²) in [6.45, 7) is 7.39. The number of rotatable bonds is 6. The summed E-state index contributed by atoms with van der Waals surface area (Å²) < 4.78 is 0. The molecule has 19 heavy (non-hydrogen) atoms. The van der Waals surface area contributed by atoms with Crippen LogP contribution in [0.1, 0.15) is 40.0 Å². The van der Waals surface area contributed by atoms with Crippen molar-refractivity contribution in [2.24, 2.45) is 11.8 Å². The molecule has 5 nitrogen and oxygen atoms in total. The van der Waals surface area contributed by atoms with Crippen molar-refractivity contribution in [3.05, 3.63) is 0 Å². The zero-order valence-corrected chi connectivity index (χ0v) is 12.2. The second-order valence-corrected chi connectivity index (χ2v) is 5.71. The van der Waals surface area contributed by atoms with Gasteiger partial charge in [0.2, 0.25) is 11.8 Å². The highest BCUT2D eigenvalue weighted by Gasteiger charge is 2.30. The number of carbonyl (C=O) groups is 2. The van der Waals surface area contributed by atoms with Crippen molar-refractivity contribution in [3.63, 3.8) is 0 Å². The van der Waals surface area contributed by atoms with Crippen LogP contribution in [0.5, 0.6) is 0 Å². The Kier molecular flexibility index (Phi) is 6.28. The fourth-order valence-electron chi connectivity index (χ4n) is 2.41. The molecule has 0 aromatic heterocycles. The summed E-state index contributed by atoms with van der Waals surface area (Å²) in [6, 6.07) is 0.